The van der Waals surface area contributed by atoms with Gasteiger partial charge in [0.25, 0.3) is 0 Å². The molecule has 94 valence electrons. The number of hydrogen-bond acceptors (Lipinski definition) is 3. The molecule has 0 aliphatic carbocycles. The van der Waals surface area contributed by atoms with Crippen LogP contribution in [0.1, 0.15) is 40.0 Å². The van der Waals surface area contributed by atoms with Crippen molar-refractivity contribution in [2.75, 3.05) is 6.54 Å². The largest absolute Gasteiger partial charge is 0.481 e. The van der Waals surface area contributed by atoms with E-state index in [1.54, 1.807) is 13.8 Å². The van der Waals surface area contributed by atoms with Crippen LogP contribution >= 0.6 is 0 Å². The van der Waals surface area contributed by atoms with Gasteiger partial charge in [0.1, 0.15) is 0 Å². The SMILES string of the molecule is CCCC(C)(N)C(=O)NCC(C)CC(=O)O. The van der Waals surface area contributed by atoms with Crippen molar-refractivity contribution in [1.82, 2.24) is 5.32 Å². The van der Waals surface area contributed by atoms with Gasteiger partial charge in [-0.15, -0.1) is 0 Å². The fraction of sp³-hybridized carbons (Fsp3) is 0.818. The highest BCUT2D eigenvalue weighted by Crippen LogP contribution is 2.09. The number of aliphatic carboxylic acids is 1. The number of hydrogen-bond donors (Lipinski definition) is 3. The second kappa shape index (κ2) is 6.48. The third kappa shape index (κ3) is 5.70. The molecule has 0 spiro atoms. The van der Waals surface area contributed by atoms with Gasteiger partial charge in [-0.3, -0.25) is 9.59 Å². The van der Waals surface area contributed by atoms with Gasteiger partial charge < -0.3 is 16.2 Å². The summed E-state index contributed by atoms with van der Waals surface area (Å²) in [5.41, 5.74) is 4.97. The Morgan fingerprint density at radius 2 is 2.06 bits per heavy atom. The molecule has 0 saturated carbocycles. The summed E-state index contributed by atoms with van der Waals surface area (Å²) in [6.07, 6.45) is 1.51. The van der Waals surface area contributed by atoms with Gasteiger partial charge in [0, 0.05) is 13.0 Å². The number of rotatable bonds is 7. The van der Waals surface area contributed by atoms with Crippen molar-refractivity contribution in [3.8, 4) is 0 Å². The Morgan fingerprint density at radius 1 is 1.50 bits per heavy atom. The van der Waals surface area contributed by atoms with Crippen LogP contribution in [-0.2, 0) is 9.59 Å². The van der Waals surface area contributed by atoms with Crippen molar-refractivity contribution < 1.29 is 14.7 Å². The summed E-state index contributed by atoms with van der Waals surface area (Å²) in [6, 6.07) is 0. The van der Waals surface area contributed by atoms with Crippen molar-refractivity contribution >= 4 is 11.9 Å². The summed E-state index contributed by atoms with van der Waals surface area (Å²) < 4.78 is 0. The van der Waals surface area contributed by atoms with E-state index in [1.165, 1.54) is 0 Å². The quantitative estimate of drug-likeness (QED) is 0.601. The molecule has 2 unspecified atom stereocenters. The molecule has 4 N–H and O–H groups in total. The number of nitrogens with one attached hydrogen (secondary N) is 1. The van der Waals surface area contributed by atoms with E-state index in [9.17, 15) is 9.59 Å². The summed E-state index contributed by atoms with van der Waals surface area (Å²) in [4.78, 5) is 22.1. The lowest BCUT2D eigenvalue weighted by Crippen LogP contribution is -2.52. The molecule has 0 aliphatic heterocycles. The van der Waals surface area contributed by atoms with Crippen molar-refractivity contribution in [1.29, 1.82) is 0 Å². The van der Waals surface area contributed by atoms with E-state index in [-0.39, 0.29) is 18.2 Å². The van der Waals surface area contributed by atoms with Gasteiger partial charge in [-0.1, -0.05) is 20.3 Å². The predicted octanol–water partition coefficient (Wildman–Crippen LogP) is 0.731. The molecule has 0 aliphatic rings. The van der Waals surface area contributed by atoms with E-state index in [0.29, 0.717) is 13.0 Å². The minimum Gasteiger partial charge on any atom is -0.481 e. The average Bonchev–Trinajstić information content (AvgIpc) is 2.12. The van der Waals surface area contributed by atoms with E-state index >= 15 is 0 Å². The normalized spacial score (nSPS) is 16.2. The number of nitrogens with two attached hydrogens (primary N) is 1. The number of carbonyl (C=O) groups is 2. The van der Waals surface area contributed by atoms with E-state index < -0.39 is 11.5 Å². The first kappa shape index (κ1) is 14.9. The maximum absolute atomic E-state index is 11.7. The summed E-state index contributed by atoms with van der Waals surface area (Å²) >= 11 is 0. The summed E-state index contributed by atoms with van der Waals surface area (Å²) in [7, 11) is 0. The third-order valence-corrected chi connectivity index (χ3v) is 2.42. The monoisotopic (exact) mass is 230 g/mol. The molecule has 0 rings (SSSR count). The zero-order valence-electron chi connectivity index (χ0n) is 10.2. The molecule has 0 saturated heterocycles. The first-order chi connectivity index (χ1) is 7.29. The molecule has 0 heterocycles. The zero-order chi connectivity index (χ0) is 12.8. The fourth-order valence-electron chi connectivity index (χ4n) is 1.47. The van der Waals surface area contributed by atoms with Crippen molar-refractivity contribution in [2.45, 2.75) is 45.6 Å². The van der Waals surface area contributed by atoms with Crippen LogP contribution in [0.4, 0.5) is 0 Å². The van der Waals surface area contributed by atoms with Crippen LogP contribution in [0.3, 0.4) is 0 Å². The Morgan fingerprint density at radius 3 is 2.50 bits per heavy atom. The lowest BCUT2D eigenvalue weighted by atomic mass is 9.96. The van der Waals surface area contributed by atoms with Crippen LogP contribution in [0.25, 0.3) is 0 Å². The lowest BCUT2D eigenvalue weighted by Gasteiger charge is -2.23. The molecule has 5 heteroatoms. The molecule has 0 fully saturated rings. The molecule has 0 aromatic rings. The van der Waals surface area contributed by atoms with E-state index in [2.05, 4.69) is 5.32 Å². The lowest BCUT2D eigenvalue weighted by molar-refractivity contribution is -0.138. The maximum Gasteiger partial charge on any atom is 0.303 e. The zero-order valence-corrected chi connectivity index (χ0v) is 10.2. The summed E-state index contributed by atoms with van der Waals surface area (Å²) in [5, 5.41) is 11.2. The van der Waals surface area contributed by atoms with Gasteiger partial charge in [0.15, 0.2) is 0 Å². The maximum atomic E-state index is 11.7. The average molecular weight is 230 g/mol. The van der Waals surface area contributed by atoms with Gasteiger partial charge in [0.05, 0.1) is 5.54 Å². The van der Waals surface area contributed by atoms with Crippen LogP contribution < -0.4 is 11.1 Å². The van der Waals surface area contributed by atoms with E-state index in [1.807, 2.05) is 6.92 Å². The smallest absolute Gasteiger partial charge is 0.303 e. The molecule has 16 heavy (non-hydrogen) atoms. The summed E-state index contributed by atoms with van der Waals surface area (Å²) in [5.74, 6) is -1.16. The molecule has 1 amide bonds. The van der Waals surface area contributed by atoms with Crippen molar-refractivity contribution in [3.05, 3.63) is 0 Å². The van der Waals surface area contributed by atoms with E-state index in [4.69, 9.17) is 10.8 Å². The van der Waals surface area contributed by atoms with Crippen LogP contribution in [0, 0.1) is 5.92 Å². The van der Waals surface area contributed by atoms with Crippen LogP contribution in [0.2, 0.25) is 0 Å². The minimum atomic E-state index is -0.863. The number of amides is 1. The van der Waals surface area contributed by atoms with Gasteiger partial charge in [-0.2, -0.15) is 0 Å². The Kier molecular flexibility index (Phi) is 6.03. The van der Waals surface area contributed by atoms with Crippen LogP contribution in [0.5, 0.6) is 0 Å². The Bertz CT molecular complexity index is 252. The molecule has 2 atom stereocenters. The first-order valence-electron chi connectivity index (χ1n) is 5.58. The molecule has 0 bridgehead atoms. The Labute approximate surface area is 96.4 Å². The summed E-state index contributed by atoms with van der Waals surface area (Å²) in [6.45, 7) is 5.78. The Hall–Kier alpha value is -1.10. The first-order valence-corrected chi connectivity index (χ1v) is 5.58. The van der Waals surface area contributed by atoms with Crippen LogP contribution in [-0.4, -0.2) is 29.1 Å². The third-order valence-electron chi connectivity index (χ3n) is 2.42. The highest BCUT2D eigenvalue weighted by Gasteiger charge is 2.27. The second-order valence-corrected chi connectivity index (χ2v) is 4.58. The molecular weight excluding hydrogens is 208 g/mol. The van der Waals surface area contributed by atoms with Crippen molar-refractivity contribution in [2.24, 2.45) is 11.7 Å². The molecular formula is C11H22N2O3. The number of carbonyl (C=O) groups excluding carboxylic acids is 1. The molecule has 0 radical (unpaired) electrons. The van der Waals surface area contributed by atoms with Gasteiger partial charge >= 0.3 is 5.97 Å². The van der Waals surface area contributed by atoms with Gasteiger partial charge in [-0.05, 0) is 19.3 Å². The van der Waals surface area contributed by atoms with Crippen molar-refractivity contribution in [3.63, 3.8) is 0 Å². The van der Waals surface area contributed by atoms with E-state index in [0.717, 1.165) is 6.42 Å². The topological polar surface area (TPSA) is 92.4 Å². The highest BCUT2D eigenvalue weighted by molar-refractivity contribution is 5.85. The van der Waals surface area contributed by atoms with Gasteiger partial charge in [-0.25, -0.2) is 0 Å². The van der Waals surface area contributed by atoms with Crippen LogP contribution in [0.15, 0.2) is 0 Å². The Balaban J connectivity index is 4.01. The number of carboxylic acid groups (broad SMARTS) is 1. The predicted molar refractivity (Wildman–Crippen MR) is 61.9 cm³/mol. The molecule has 0 aromatic carbocycles. The van der Waals surface area contributed by atoms with Gasteiger partial charge in [0.2, 0.25) is 5.91 Å². The fourth-order valence-corrected chi connectivity index (χ4v) is 1.47. The second-order valence-electron chi connectivity index (χ2n) is 4.58. The highest BCUT2D eigenvalue weighted by atomic mass is 16.4. The standard InChI is InChI=1S/C11H22N2O3/c1-4-5-11(3,12)10(16)13-7-8(2)6-9(14)15/h8H,4-7,12H2,1-3H3,(H,13,16)(H,14,15). The number of carboxylic acids is 1. The molecule has 0 aromatic heterocycles. The minimum absolute atomic E-state index is 0.0509. The molecule has 5 nitrogen and oxygen atoms in total.